The molecule has 0 aromatic carbocycles. The van der Waals surface area contributed by atoms with Crippen molar-refractivity contribution >= 4 is 23.4 Å². The normalized spacial score (nSPS) is 42.1. The molecule has 0 radical (unpaired) electrons. The summed E-state index contributed by atoms with van der Waals surface area (Å²) in [6.45, 7) is -0.223. The molecule has 2 bridgehead atoms. The largest absolute Gasteiger partial charge is 0.391 e. The number of alkyl halides is 4. The second-order valence-electron chi connectivity index (χ2n) is 10.2. The van der Waals surface area contributed by atoms with Crippen LogP contribution in [0.15, 0.2) is 0 Å². The zero-order chi connectivity index (χ0) is 24.7. The second-order valence-corrected chi connectivity index (χ2v) is 10.8. The summed E-state index contributed by atoms with van der Waals surface area (Å²) >= 11 is 5.89. The van der Waals surface area contributed by atoms with Crippen molar-refractivity contribution in [2.24, 2.45) is 0 Å². The molecule has 4 saturated carbocycles. The Hall–Kier alpha value is -1.14. The third-order valence-electron chi connectivity index (χ3n) is 8.22. The van der Waals surface area contributed by atoms with Crippen molar-refractivity contribution in [3.05, 3.63) is 0 Å². The number of halogens is 4. The molecule has 5 aliphatic rings. The highest BCUT2D eigenvalue weighted by Crippen LogP contribution is 2.50. The van der Waals surface area contributed by atoms with Crippen LogP contribution in [-0.2, 0) is 19.2 Å². The number of rotatable bonds is 7. The van der Waals surface area contributed by atoms with Gasteiger partial charge in [-0.25, -0.2) is 13.2 Å². The summed E-state index contributed by atoms with van der Waals surface area (Å²) in [5, 5.41) is 13.4. The number of carbonyl (C=O) groups is 2. The quantitative estimate of drug-likeness (QED) is 0.451. The van der Waals surface area contributed by atoms with Crippen LogP contribution in [0.5, 0.6) is 0 Å². The van der Waals surface area contributed by atoms with Crippen LogP contribution < -0.4 is 10.8 Å². The molecule has 12 heteroatoms. The topological polar surface area (TPSA) is 100 Å². The average Bonchev–Trinajstić information content (AvgIpc) is 3.31. The van der Waals surface area contributed by atoms with Crippen molar-refractivity contribution in [1.29, 1.82) is 0 Å². The van der Waals surface area contributed by atoms with Gasteiger partial charge in [0.05, 0.1) is 29.2 Å². The Bertz CT molecular complexity index is 770. The molecule has 1 aliphatic heterocycles. The molecule has 8 nitrogen and oxygen atoms in total. The predicted molar refractivity (Wildman–Crippen MR) is 116 cm³/mol. The smallest absolute Gasteiger partial charge is 0.256 e. The Labute approximate surface area is 201 Å². The first kappa shape index (κ1) is 25.9. The first-order valence-electron chi connectivity index (χ1n) is 11.9. The van der Waals surface area contributed by atoms with Crippen LogP contribution in [0.1, 0.15) is 57.8 Å². The average molecular weight is 512 g/mol. The van der Waals surface area contributed by atoms with Gasteiger partial charge in [0, 0.05) is 25.4 Å². The van der Waals surface area contributed by atoms with Crippen LogP contribution in [-0.4, -0.2) is 88.9 Å². The van der Waals surface area contributed by atoms with Crippen LogP contribution in [0, 0.1) is 0 Å². The SMILES string of the molecule is CN(C(=O)C1CC(C(F)F)NO1)C12CCC(NC(=O)COC3CCC(Cl)C(F)C3)(CC1)[C@@H](O)C2. The van der Waals surface area contributed by atoms with E-state index < -0.39 is 53.2 Å². The summed E-state index contributed by atoms with van der Waals surface area (Å²) in [7, 11) is 1.62. The van der Waals surface area contributed by atoms with Crippen molar-refractivity contribution in [3.63, 3.8) is 0 Å². The fourth-order valence-electron chi connectivity index (χ4n) is 5.89. The van der Waals surface area contributed by atoms with E-state index in [0.29, 0.717) is 38.5 Å². The molecular weight excluding hydrogens is 479 g/mol. The summed E-state index contributed by atoms with van der Waals surface area (Å²) in [5.41, 5.74) is 0.794. The van der Waals surface area contributed by atoms with Crippen LogP contribution in [0.25, 0.3) is 0 Å². The molecule has 3 N–H and O–H groups in total. The fourth-order valence-corrected chi connectivity index (χ4v) is 6.12. The lowest BCUT2D eigenvalue weighted by atomic mass is 9.59. The zero-order valence-electron chi connectivity index (χ0n) is 19.2. The number of amides is 2. The van der Waals surface area contributed by atoms with Gasteiger partial charge >= 0.3 is 0 Å². The van der Waals surface area contributed by atoms with Crippen molar-refractivity contribution in [2.75, 3.05) is 13.7 Å². The maximum atomic E-state index is 13.8. The number of likely N-dealkylation sites (N-methyl/N-ethyl adjacent to an activating group) is 1. The Kier molecular flexibility index (Phi) is 7.69. The number of aliphatic hydroxyl groups excluding tert-OH is 1. The Morgan fingerprint density at radius 2 is 1.97 bits per heavy atom. The summed E-state index contributed by atoms with van der Waals surface area (Å²) in [6.07, 6.45) is -2.60. The Morgan fingerprint density at radius 3 is 2.56 bits per heavy atom. The van der Waals surface area contributed by atoms with E-state index in [0.717, 1.165) is 0 Å². The fraction of sp³-hybridized carbons (Fsp3) is 0.909. The molecule has 0 spiro atoms. The number of fused-ring (bicyclic) bond motifs is 3. The molecule has 5 unspecified atom stereocenters. The minimum atomic E-state index is -2.63. The number of nitrogens with zero attached hydrogens (tertiary/aromatic N) is 1. The van der Waals surface area contributed by atoms with Gasteiger partial charge in [0.25, 0.3) is 12.3 Å². The van der Waals surface area contributed by atoms with Crippen LogP contribution in [0.3, 0.4) is 0 Å². The van der Waals surface area contributed by atoms with Gasteiger partial charge in [-0.05, 0) is 44.9 Å². The molecule has 34 heavy (non-hydrogen) atoms. The summed E-state index contributed by atoms with van der Waals surface area (Å²) in [5.74, 6) is -0.766. The third kappa shape index (κ3) is 5.04. The number of hydrogen-bond donors (Lipinski definition) is 3. The molecule has 0 aromatic heterocycles. The molecule has 1 heterocycles. The maximum absolute atomic E-state index is 13.8. The van der Waals surface area contributed by atoms with E-state index in [9.17, 15) is 27.9 Å². The molecule has 5 rings (SSSR count). The van der Waals surface area contributed by atoms with Crippen molar-refractivity contribution in [3.8, 4) is 0 Å². The highest BCUT2D eigenvalue weighted by atomic mass is 35.5. The number of hydroxylamine groups is 1. The van der Waals surface area contributed by atoms with Crippen molar-refractivity contribution in [2.45, 2.75) is 111 Å². The summed E-state index contributed by atoms with van der Waals surface area (Å²) in [6, 6.07) is -1.19. The minimum Gasteiger partial charge on any atom is -0.391 e. The molecule has 6 atom stereocenters. The van der Waals surface area contributed by atoms with Gasteiger partial charge in [-0.3, -0.25) is 14.4 Å². The number of nitrogens with one attached hydrogen (secondary N) is 2. The summed E-state index contributed by atoms with van der Waals surface area (Å²) in [4.78, 5) is 32.2. The number of aliphatic hydroxyl groups is 1. The maximum Gasteiger partial charge on any atom is 0.256 e. The van der Waals surface area contributed by atoms with Gasteiger partial charge < -0.3 is 20.1 Å². The number of ether oxygens (including phenoxy) is 1. The first-order valence-corrected chi connectivity index (χ1v) is 12.3. The van der Waals surface area contributed by atoms with Gasteiger partial charge in [-0.15, -0.1) is 11.6 Å². The predicted octanol–water partition coefficient (Wildman–Crippen LogP) is 1.82. The molecule has 194 valence electrons. The van der Waals surface area contributed by atoms with Crippen LogP contribution in [0.2, 0.25) is 0 Å². The van der Waals surface area contributed by atoms with E-state index in [-0.39, 0.29) is 37.9 Å². The lowest BCUT2D eigenvalue weighted by molar-refractivity contribution is -0.163. The minimum absolute atomic E-state index is 0.116. The van der Waals surface area contributed by atoms with Gasteiger partial charge in [0.1, 0.15) is 12.8 Å². The Balaban J connectivity index is 1.30. The van der Waals surface area contributed by atoms with E-state index in [1.54, 1.807) is 7.05 Å². The molecule has 0 aromatic rings. The van der Waals surface area contributed by atoms with E-state index >= 15 is 0 Å². The molecular formula is C22H33ClF3N3O5. The van der Waals surface area contributed by atoms with Crippen LogP contribution >= 0.6 is 11.6 Å². The first-order chi connectivity index (χ1) is 16.0. The number of carbonyl (C=O) groups excluding carboxylic acids is 2. The molecule has 4 aliphatic carbocycles. The number of hydrogen-bond acceptors (Lipinski definition) is 6. The lowest BCUT2D eigenvalue weighted by Gasteiger charge is -2.59. The van der Waals surface area contributed by atoms with Crippen molar-refractivity contribution in [1.82, 2.24) is 15.7 Å². The van der Waals surface area contributed by atoms with Gasteiger partial charge in [-0.1, -0.05) is 0 Å². The highest BCUT2D eigenvalue weighted by Gasteiger charge is 2.57. The lowest BCUT2D eigenvalue weighted by Crippen LogP contribution is -2.70. The van der Waals surface area contributed by atoms with E-state index in [1.165, 1.54) is 4.90 Å². The second kappa shape index (κ2) is 10.1. The monoisotopic (exact) mass is 511 g/mol. The van der Waals surface area contributed by atoms with Crippen LogP contribution in [0.4, 0.5) is 13.2 Å². The third-order valence-corrected chi connectivity index (χ3v) is 8.71. The van der Waals surface area contributed by atoms with E-state index in [4.69, 9.17) is 21.2 Å². The molecule has 5 fully saturated rings. The Morgan fingerprint density at radius 1 is 1.26 bits per heavy atom. The molecule has 2 amide bonds. The van der Waals surface area contributed by atoms with E-state index in [1.807, 2.05) is 0 Å². The van der Waals surface area contributed by atoms with Crippen molar-refractivity contribution < 1.29 is 37.4 Å². The summed E-state index contributed by atoms with van der Waals surface area (Å²) < 4.78 is 45.2. The van der Waals surface area contributed by atoms with E-state index in [2.05, 4.69) is 10.8 Å². The van der Waals surface area contributed by atoms with Gasteiger partial charge in [0.2, 0.25) is 5.91 Å². The van der Waals surface area contributed by atoms with Gasteiger partial charge in [0.15, 0.2) is 6.10 Å². The van der Waals surface area contributed by atoms with Gasteiger partial charge in [-0.2, -0.15) is 5.48 Å². The molecule has 1 saturated heterocycles. The highest BCUT2D eigenvalue weighted by molar-refractivity contribution is 6.21. The standard InChI is InChI=1S/C22H33ClF3N3O5/c1-29(20(32)16-9-15(19(25)26)28-34-16)21-4-6-22(7-5-21,17(30)10-21)27-18(31)11-33-12-2-3-13(23)14(24)8-12/h12-17,19,28,30H,2-11H2,1H3,(H,27,31)/t12?,13?,14?,15?,16?,17-,21?,22?/m0/s1. The zero-order valence-corrected chi connectivity index (χ0v) is 19.9.